The summed E-state index contributed by atoms with van der Waals surface area (Å²) in [5, 5.41) is 4.56. The van der Waals surface area contributed by atoms with E-state index >= 15 is 0 Å². The molecule has 25 heavy (non-hydrogen) atoms. The Morgan fingerprint density at radius 3 is 2.52 bits per heavy atom. The van der Waals surface area contributed by atoms with Gasteiger partial charge in [0.05, 0.1) is 12.0 Å². The zero-order valence-electron chi connectivity index (χ0n) is 14.5. The van der Waals surface area contributed by atoms with E-state index in [0.29, 0.717) is 18.4 Å². The molecule has 0 bridgehead atoms. The highest BCUT2D eigenvalue weighted by atomic mass is 16.1. The van der Waals surface area contributed by atoms with Gasteiger partial charge in [0.25, 0.3) is 11.1 Å². The number of aryl methyl sites for hydroxylation is 1. The van der Waals surface area contributed by atoms with Crippen molar-refractivity contribution in [1.82, 2.24) is 19.3 Å². The lowest BCUT2D eigenvalue weighted by Gasteiger charge is -2.32. The van der Waals surface area contributed by atoms with Gasteiger partial charge in [0.1, 0.15) is 5.82 Å². The van der Waals surface area contributed by atoms with E-state index in [1.807, 2.05) is 6.07 Å². The summed E-state index contributed by atoms with van der Waals surface area (Å²) < 4.78 is 3.12. The van der Waals surface area contributed by atoms with Crippen LogP contribution in [0.1, 0.15) is 37.3 Å². The highest BCUT2D eigenvalue weighted by Crippen LogP contribution is 2.38. The number of hydrogen-bond acceptors (Lipinski definition) is 5. The van der Waals surface area contributed by atoms with Gasteiger partial charge in [0, 0.05) is 44.7 Å². The zero-order chi connectivity index (χ0) is 17.4. The molecule has 2 aromatic heterocycles. The fraction of sp³-hybridized carbons (Fsp3) is 0.556. The Balaban J connectivity index is 1.40. The maximum absolute atomic E-state index is 12.1. The van der Waals surface area contributed by atoms with Gasteiger partial charge in [0.2, 0.25) is 0 Å². The van der Waals surface area contributed by atoms with E-state index in [-0.39, 0.29) is 11.1 Å². The molecule has 2 aromatic rings. The Bertz CT molecular complexity index is 876. The monoisotopic (exact) mass is 341 g/mol. The fourth-order valence-electron chi connectivity index (χ4n) is 3.41. The Kier molecular flexibility index (Phi) is 4.15. The molecule has 0 amide bonds. The van der Waals surface area contributed by atoms with Crippen molar-refractivity contribution in [3.05, 3.63) is 50.9 Å². The molecule has 1 saturated heterocycles. The molecular formula is C18H23N5O2. The summed E-state index contributed by atoms with van der Waals surface area (Å²) in [6.07, 6.45) is 5.88. The second-order valence-corrected chi connectivity index (χ2v) is 7.18. The first-order chi connectivity index (χ1) is 12.1. The van der Waals surface area contributed by atoms with Gasteiger partial charge in [0.15, 0.2) is 0 Å². The van der Waals surface area contributed by atoms with Gasteiger partial charge in [-0.15, -0.1) is 0 Å². The standard InChI is InChI=1S/C18H23N5O2/c1-21-12-19-16(10-18(21)25)22-8-6-13(7-9-22)11-23-17(24)5-4-15(20-23)14-2-3-14/h4-5,10,12-14H,2-3,6-9,11H2,1H3. The van der Waals surface area contributed by atoms with Gasteiger partial charge in [-0.05, 0) is 37.7 Å². The lowest BCUT2D eigenvalue weighted by atomic mass is 9.97. The fourth-order valence-corrected chi connectivity index (χ4v) is 3.41. The normalized spacial score (nSPS) is 18.5. The third kappa shape index (κ3) is 3.50. The lowest BCUT2D eigenvalue weighted by Crippen LogP contribution is -2.38. The molecule has 132 valence electrons. The van der Waals surface area contributed by atoms with Crippen molar-refractivity contribution in [3.8, 4) is 0 Å². The van der Waals surface area contributed by atoms with Crippen molar-refractivity contribution < 1.29 is 0 Å². The topological polar surface area (TPSA) is 73.0 Å². The van der Waals surface area contributed by atoms with Crippen LogP contribution in [0.15, 0.2) is 34.1 Å². The van der Waals surface area contributed by atoms with Gasteiger partial charge < -0.3 is 9.47 Å². The first-order valence-electron chi connectivity index (χ1n) is 8.96. The van der Waals surface area contributed by atoms with E-state index in [1.165, 1.54) is 17.4 Å². The Labute approximate surface area is 145 Å². The van der Waals surface area contributed by atoms with E-state index in [2.05, 4.69) is 15.0 Å². The summed E-state index contributed by atoms with van der Waals surface area (Å²) in [7, 11) is 1.70. The molecule has 0 N–H and O–H groups in total. The quantitative estimate of drug-likeness (QED) is 0.833. The van der Waals surface area contributed by atoms with Crippen LogP contribution in [0.2, 0.25) is 0 Å². The summed E-state index contributed by atoms with van der Waals surface area (Å²) in [5.74, 6) is 1.73. The van der Waals surface area contributed by atoms with Gasteiger partial charge in [-0.3, -0.25) is 9.59 Å². The minimum Gasteiger partial charge on any atom is -0.356 e. The summed E-state index contributed by atoms with van der Waals surface area (Å²) in [4.78, 5) is 30.3. The molecular weight excluding hydrogens is 318 g/mol. The maximum Gasteiger partial charge on any atom is 0.266 e. The van der Waals surface area contributed by atoms with Crippen LogP contribution >= 0.6 is 0 Å². The van der Waals surface area contributed by atoms with Crippen LogP contribution in [0.25, 0.3) is 0 Å². The molecule has 2 fully saturated rings. The van der Waals surface area contributed by atoms with Crippen molar-refractivity contribution in [2.24, 2.45) is 13.0 Å². The lowest BCUT2D eigenvalue weighted by molar-refractivity contribution is 0.332. The van der Waals surface area contributed by atoms with E-state index < -0.39 is 0 Å². The van der Waals surface area contributed by atoms with Gasteiger partial charge in [-0.1, -0.05) is 0 Å². The van der Waals surface area contributed by atoms with Crippen molar-refractivity contribution in [2.45, 2.75) is 38.1 Å². The number of anilines is 1. The van der Waals surface area contributed by atoms with E-state index in [4.69, 9.17) is 0 Å². The molecule has 0 spiro atoms. The molecule has 1 saturated carbocycles. The van der Waals surface area contributed by atoms with Crippen LogP contribution < -0.4 is 16.0 Å². The van der Waals surface area contributed by atoms with E-state index in [0.717, 1.165) is 37.4 Å². The Hall–Kier alpha value is -2.44. The van der Waals surface area contributed by atoms with E-state index in [9.17, 15) is 9.59 Å². The number of hydrogen-bond donors (Lipinski definition) is 0. The molecule has 4 rings (SSSR count). The largest absolute Gasteiger partial charge is 0.356 e. The second-order valence-electron chi connectivity index (χ2n) is 7.18. The molecule has 2 aliphatic rings. The third-order valence-corrected chi connectivity index (χ3v) is 5.22. The SMILES string of the molecule is Cn1cnc(N2CCC(Cn3nc(C4CC4)ccc3=O)CC2)cc1=O. The molecule has 1 aliphatic carbocycles. The predicted octanol–water partition coefficient (Wildman–Crippen LogP) is 1.13. The Morgan fingerprint density at radius 2 is 1.84 bits per heavy atom. The van der Waals surface area contributed by atoms with Crippen molar-refractivity contribution in [1.29, 1.82) is 0 Å². The van der Waals surface area contributed by atoms with Gasteiger partial charge in [-0.2, -0.15) is 5.10 Å². The molecule has 0 aromatic carbocycles. The average molecular weight is 341 g/mol. The second kappa shape index (κ2) is 6.46. The molecule has 0 radical (unpaired) electrons. The van der Waals surface area contributed by atoms with Crippen LogP contribution in [0.5, 0.6) is 0 Å². The molecule has 3 heterocycles. The molecule has 0 unspecified atom stereocenters. The summed E-state index contributed by atoms with van der Waals surface area (Å²) in [6.45, 7) is 2.38. The minimum atomic E-state index is -0.0419. The average Bonchev–Trinajstić information content (AvgIpc) is 3.45. The first-order valence-corrected chi connectivity index (χ1v) is 8.96. The summed E-state index contributed by atoms with van der Waals surface area (Å²) in [5.41, 5.74) is 1.00. The minimum absolute atomic E-state index is 0.0138. The van der Waals surface area contributed by atoms with Crippen LogP contribution in [0, 0.1) is 5.92 Å². The molecule has 7 nitrogen and oxygen atoms in total. The van der Waals surface area contributed by atoms with Crippen LogP contribution in [0.3, 0.4) is 0 Å². The third-order valence-electron chi connectivity index (χ3n) is 5.22. The maximum atomic E-state index is 12.1. The smallest absolute Gasteiger partial charge is 0.266 e. The van der Waals surface area contributed by atoms with Crippen LogP contribution in [-0.4, -0.2) is 32.4 Å². The predicted molar refractivity (Wildman–Crippen MR) is 94.9 cm³/mol. The molecule has 7 heteroatoms. The number of piperidine rings is 1. The van der Waals surface area contributed by atoms with Gasteiger partial charge >= 0.3 is 0 Å². The molecule has 1 aliphatic heterocycles. The molecule has 0 atom stereocenters. The van der Waals surface area contributed by atoms with Crippen LogP contribution in [0.4, 0.5) is 5.82 Å². The van der Waals surface area contributed by atoms with Crippen molar-refractivity contribution in [3.63, 3.8) is 0 Å². The number of rotatable bonds is 4. The van der Waals surface area contributed by atoms with Crippen LogP contribution in [-0.2, 0) is 13.6 Å². The highest BCUT2D eigenvalue weighted by molar-refractivity contribution is 5.37. The zero-order valence-corrected chi connectivity index (χ0v) is 14.5. The number of nitrogens with zero attached hydrogens (tertiary/aromatic N) is 5. The van der Waals surface area contributed by atoms with Crippen molar-refractivity contribution in [2.75, 3.05) is 18.0 Å². The van der Waals surface area contributed by atoms with Gasteiger partial charge in [-0.25, -0.2) is 9.67 Å². The summed E-state index contributed by atoms with van der Waals surface area (Å²) >= 11 is 0. The number of aromatic nitrogens is 4. The first kappa shape index (κ1) is 16.1. The summed E-state index contributed by atoms with van der Waals surface area (Å²) in [6, 6.07) is 5.12. The van der Waals surface area contributed by atoms with Crippen molar-refractivity contribution >= 4 is 5.82 Å². The highest BCUT2D eigenvalue weighted by Gasteiger charge is 2.26. The van der Waals surface area contributed by atoms with E-state index in [1.54, 1.807) is 30.2 Å². The Morgan fingerprint density at radius 1 is 1.08 bits per heavy atom.